The summed E-state index contributed by atoms with van der Waals surface area (Å²) < 4.78 is 5.85. The van der Waals surface area contributed by atoms with E-state index < -0.39 is 0 Å². The van der Waals surface area contributed by atoms with Gasteiger partial charge in [0.05, 0.1) is 0 Å². The molecule has 2 aromatic rings. The average molecular weight is 327 g/mol. The molecule has 0 aromatic carbocycles. The zero-order valence-electron chi connectivity index (χ0n) is 10.8. The lowest BCUT2D eigenvalue weighted by Gasteiger charge is -2.09. The maximum absolute atomic E-state index is 5.04. The zero-order valence-corrected chi connectivity index (χ0v) is 12.4. The van der Waals surface area contributed by atoms with Gasteiger partial charge in [0.15, 0.2) is 5.82 Å². The Hall–Kier alpha value is -1.70. The lowest BCUT2D eigenvalue weighted by atomic mass is 10.4. The van der Waals surface area contributed by atoms with E-state index in [4.69, 9.17) is 4.52 Å². The number of aryl methyl sites for hydroxylation is 1. The molecule has 7 nitrogen and oxygen atoms in total. The molecule has 0 saturated carbocycles. The van der Waals surface area contributed by atoms with Gasteiger partial charge in [-0.2, -0.15) is 4.98 Å². The van der Waals surface area contributed by atoms with E-state index in [0.29, 0.717) is 24.7 Å². The van der Waals surface area contributed by atoms with E-state index in [-0.39, 0.29) is 0 Å². The van der Waals surface area contributed by atoms with Crippen molar-refractivity contribution in [1.82, 2.24) is 20.1 Å². The highest BCUT2D eigenvalue weighted by Crippen LogP contribution is 2.26. The van der Waals surface area contributed by atoms with Gasteiger partial charge in [-0.1, -0.05) is 5.16 Å². The van der Waals surface area contributed by atoms with Crippen LogP contribution >= 0.6 is 15.9 Å². The number of hydrogen-bond acceptors (Lipinski definition) is 7. The summed E-state index contributed by atoms with van der Waals surface area (Å²) in [6.07, 6.45) is 2.16. The Morgan fingerprint density at radius 1 is 1.26 bits per heavy atom. The molecule has 0 aliphatic rings. The minimum atomic E-state index is 0.613. The molecule has 0 radical (unpaired) electrons. The smallest absolute Gasteiger partial charge is 0.228 e. The van der Waals surface area contributed by atoms with E-state index in [1.54, 1.807) is 6.92 Å². The summed E-state index contributed by atoms with van der Waals surface area (Å²) in [4.78, 5) is 12.5. The van der Waals surface area contributed by atoms with Crippen LogP contribution in [0.5, 0.6) is 0 Å². The van der Waals surface area contributed by atoms with Gasteiger partial charge in [-0.15, -0.1) is 0 Å². The molecular formula is C11H15BrN6O. The van der Waals surface area contributed by atoms with E-state index >= 15 is 0 Å². The van der Waals surface area contributed by atoms with Crippen molar-refractivity contribution < 1.29 is 4.52 Å². The van der Waals surface area contributed by atoms with Crippen LogP contribution in [0.1, 0.15) is 18.6 Å². The molecule has 0 unspecified atom stereocenters. The Morgan fingerprint density at radius 3 is 2.63 bits per heavy atom. The number of nitrogens with zero attached hydrogens (tertiary/aromatic N) is 4. The van der Waals surface area contributed by atoms with Crippen LogP contribution in [0.25, 0.3) is 0 Å². The first-order valence-electron chi connectivity index (χ1n) is 5.98. The van der Waals surface area contributed by atoms with Gasteiger partial charge in [-0.25, -0.2) is 9.97 Å². The number of hydrogen-bond donors (Lipinski definition) is 2. The zero-order chi connectivity index (χ0) is 13.7. The molecule has 2 rings (SSSR count). The fourth-order valence-corrected chi connectivity index (χ4v) is 2.00. The molecule has 0 saturated heterocycles. The lowest BCUT2D eigenvalue weighted by molar-refractivity contribution is 0.377. The molecule has 2 N–H and O–H groups in total. The monoisotopic (exact) mass is 326 g/mol. The standard InChI is InChI=1S/C11H15BrN6O/c1-3-13-10-9(12)11(16-6-15-10)14-5-4-8-17-7(2)18-19-8/h6H,3-5H2,1-2H3,(H2,13,14,15,16). The summed E-state index contributed by atoms with van der Waals surface area (Å²) in [6.45, 7) is 5.27. The highest BCUT2D eigenvalue weighted by molar-refractivity contribution is 9.10. The minimum absolute atomic E-state index is 0.613. The second-order valence-corrected chi connectivity index (χ2v) is 4.62. The summed E-state index contributed by atoms with van der Waals surface area (Å²) in [5.41, 5.74) is 0. The van der Waals surface area contributed by atoms with Crippen molar-refractivity contribution in [3.63, 3.8) is 0 Å². The van der Waals surface area contributed by atoms with Crippen LogP contribution < -0.4 is 10.6 Å². The van der Waals surface area contributed by atoms with Gasteiger partial charge in [-0.3, -0.25) is 0 Å². The van der Waals surface area contributed by atoms with Gasteiger partial charge in [0, 0.05) is 19.5 Å². The van der Waals surface area contributed by atoms with Gasteiger partial charge < -0.3 is 15.2 Å². The Labute approximate surface area is 119 Å². The molecule has 0 aliphatic heterocycles. The molecule has 102 valence electrons. The normalized spacial score (nSPS) is 10.5. The van der Waals surface area contributed by atoms with Gasteiger partial charge in [-0.05, 0) is 29.8 Å². The molecule has 0 amide bonds. The molecule has 2 aromatic heterocycles. The van der Waals surface area contributed by atoms with Crippen LogP contribution in [-0.2, 0) is 6.42 Å². The molecule has 0 spiro atoms. The SMILES string of the molecule is CCNc1ncnc(NCCc2nc(C)no2)c1Br. The molecule has 8 heteroatoms. The van der Waals surface area contributed by atoms with Crippen molar-refractivity contribution in [2.45, 2.75) is 20.3 Å². The number of rotatable bonds is 6. The van der Waals surface area contributed by atoms with Crippen LogP contribution in [0.2, 0.25) is 0 Å². The third-order valence-electron chi connectivity index (χ3n) is 2.33. The summed E-state index contributed by atoms with van der Waals surface area (Å²) in [5.74, 6) is 2.77. The van der Waals surface area contributed by atoms with Gasteiger partial charge in [0.2, 0.25) is 5.89 Å². The van der Waals surface area contributed by atoms with Crippen LogP contribution in [0.15, 0.2) is 15.3 Å². The summed E-state index contributed by atoms with van der Waals surface area (Å²) in [7, 11) is 0. The predicted octanol–water partition coefficient (Wildman–Crippen LogP) is 2.02. The Kier molecular flexibility index (Phi) is 4.67. The molecule has 0 aliphatic carbocycles. The Balaban J connectivity index is 1.94. The van der Waals surface area contributed by atoms with Gasteiger partial charge in [0.25, 0.3) is 0 Å². The highest BCUT2D eigenvalue weighted by Gasteiger charge is 2.08. The maximum Gasteiger partial charge on any atom is 0.228 e. The third kappa shape index (κ3) is 3.63. The van der Waals surface area contributed by atoms with Crippen molar-refractivity contribution in [1.29, 1.82) is 0 Å². The fraction of sp³-hybridized carbons (Fsp3) is 0.455. The molecule has 0 fully saturated rings. The summed E-state index contributed by atoms with van der Waals surface area (Å²) in [5, 5.41) is 10.1. The van der Waals surface area contributed by atoms with Crippen molar-refractivity contribution in [2.75, 3.05) is 23.7 Å². The summed E-state index contributed by atoms with van der Waals surface area (Å²) in [6, 6.07) is 0. The first-order chi connectivity index (χ1) is 9.20. The number of halogens is 1. The number of anilines is 2. The Morgan fingerprint density at radius 2 is 2.00 bits per heavy atom. The molecule has 0 atom stereocenters. The molecule has 0 bridgehead atoms. The van der Waals surface area contributed by atoms with E-state index in [0.717, 1.165) is 22.7 Å². The van der Waals surface area contributed by atoms with Crippen LogP contribution in [0.3, 0.4) is 0 Å². The second kappa shape index (κ2) is 6.46. The van der Waals surface area contributed by atoms with E-state index in [9.17, 15) is 0 Å². The first-order valence-corrected chi connectivity index (χ1v) is 6.77. The Bertz CT molecular complexity index is 544. The van der Waals surface area contributed by atoms with Gasteiger partial charge in [0.1, 0.15) is 22.4 Å². The molecule has 19 heavy (non-hydrogen) atoms. The van der Waals surface area contributed by atoms with E-state index in [1.165, 1.54) is 6.33 Å². The number of aromatic nitrogens is 4. The topological polar surface area (TPSA) is 88.8 Å². The largest absolute Gasteiger partial charge is 0.369 e. The quantitative estimate of drug-likeness (QED) is 0.839. The highest BCUT2D eigenvalue weighted by atomic mass is 79.9. The third-order valence-corrected chi connectivity index (χ3v) is 3.09. The predicted molar refractivity (Wildman–Crippen MR) is 75.1 cm³/mol. The second-order valence-electron chi connectivity index (χ2n) is 3.83. The van der Waals surface area contributed by atoms with Crippen molar-refractivity contribution in [3.05, 3.63) is 22.5 Å². The number of nitrogens with one attached hydrogen (secondary N) is 2. The minimum Gasteiger partial charge on any atom is -0.369 e. The van der Waals surface area contributed by atoms with E-state index in [1.807, 2.05) is 6.92 Å². The molecular weight excluding hydrogens is 312 g/mol. The maximum atomic E-state index is 5.04. The van der Waals surface area contributed by atoms with Crippen LogP contribution in [0.4, 0.5) is 11.6 Å². The van der Waals surface area contributed by atoms with Crippen molar-refractivity contribution in [2.24, 2.45) is 0 Å². The van der Waals surface area contributed by atoms with Crippen molar-refractivity contribution in [3.8, 4) is 0 Å². The lowest BCUT2D eigenvalue weighted by Crippen LogP contribution is -2.09. The van der Waals surface area contributed by atoms with Crippen LogP contribution in [-0.4, -0.2) is 33.2 Å². The van der Waals surface area contributed by atoms with Gasteiger partial charge >= 0.3 is 0 Å². The van der Waals surface area contributed by atoms with Crippen molar-refractivity contribution >= 4 is 27.6 Å². The van der Waals surface area contributed by atoms with Crippen LogP contribution in [0, 0.1) is 6.92 Å². The molecule has 2 heterocycles. The average Bonchev–Trinajstić information content (AvgIpc) is 2.80. The fourth-order valence-electron chi connectivity index (χ4n) is 1.51. The first kappa shape index (κ1) is 13.7. The van der Waals surface area contributed by atoms with E-state index in [2.05, 4.69) is 46.7 Å². The summed E-state index contributed by atoms with van der Waals surface area (Å²) >= 11 is 3.47.